The van der Waals surface area contributed by atoms with Gasteiger partial charge in [0, 0.05) is 29.6 Å². The maximum absolute atomic E-state index is 12.7. The highest BCUT2D eigenvalue weighted by Crippen LogP contribution is 2.23. The van der Waals surface area contributed by atoms with Crippen LogP contribution in [0.5, 0.6) is 0 Å². The number of amides is 2. The van der Waals surface area contributed by atoms with E-state index in [2.05, 4.69) is 5.32 Å². The first kappa shape index (κ1) is 21.5. The Hall–Kier alpha value is -1.75. The lowest BCUT2D eigenvalue weighted by Gasteiger charge is -2.34. The van der Waals surface area contributed by atoms with Crippen LogP contribution in [-0.4, -0.2) is 42.1 Å². The summed E-state index contributed by atoms with van der Waals surface area (Å²) in [6.45, 7) is 9.57. The van der Waals surface area contributed by atoms with Crippen LogP contribution < -0.4 is 5.32 Å². The van der Waals surface area contributed by atoms with Crippen LogP contribution in [0.1, 0.15) is 46.1 Å². The van der Waals surface area contributed by atoms with Crippen molar-refractivity contribution in [1.29, 1.82) is 0 Å². The van der Waals surface area contributed by atoms with Crippen molar-refractivity contribution in [3.63, 3.8) is 0 Å². The monoisotopic (exact) mass is 394 g/mol. The third-order valence-electron chi connectivity index (χ3n) is 4.72. The van der Waals surface area contributed by atoms with E-state index >= 15 is 0 Å². The molecule has 0 aromatic heterocycles. The van der Waals surface area contributed by atoms with E-state index in [4.69, 9.17) is 16.3 Å². The number of carbonyl (C=O) groups excluding carboxylic acids is 2. The fourth-order valence-corrected chi connectivity index (χ4v) is 3.45. The molecule has 0 atom stereocenters. The van der Waals surface area contributed by atoms with Gasteiger partial charge in [0.15, 0.2) is 0 Å². The SMILES string of the molecule is CC(C)COC(=O)N1CCC(C(=O)NC(C)(C)Cc2ccccc2Cl)CC1. The molecule has 1 aromatic rings. The molecule has 1 aliphatic heterocycles. The molecule has 5 nitrogen and oxygen atoms in total. The second-order valence-electron chi connectivity index (χ2n) is 8.37. The van der Waals surface area contributed by atoms with E-state index in [0.717, 1.165) is 5.56 Å². The number of hydrogen-bond acceptors (Lipinski definition) is 3. The molecule has 2 amide bonds. The van der Waals surface area contributed by atoms with Crippen molar-refractivity contribution in [2.24, 2.45) is 11.8 Å². The van der Waals surface area contributed by atoms with Gasteiger partial charge in [0.1, 0.15) is 0 Å². The summed E-state index contributed by atoms with van der Waals surface area (Å²) in [5.74, 6) is 0.282. The molecule has 27 heavy (non-hydrogen) atoms. The lowest BCUT2D eigenvalue weighted by molar-refractivity contribution is -0.128. The van der Waals surface area contributed by atoms with E-state index in [1.54, 1.807) is 4.90 Å². The first-order valence-electron chi connectivity index (χ1n) is 9.65. The van der Waals surface area contributed by atoms with Crippen LogP contribution in [0.3, 0.4) is 0 Å². The van der Waals surface area contributed by atoms with E-state index in [-0.39, 0.29) is 17.9 Å². The first-order valence-corrected chi connectivity index (χ1v) is 10.0. The van der Waals surface area contributed by atoms with Crippen molar-refractivity contribution >= 4 is 23.6 Å². The minimum atomic E-state index is -0.393. The van der Waals surface area contributed by atoms with E-state index in [0.29, 0.717) is 49.9 Å². The predicted molar refractivity (Wildman–Crippen MR) is 108 cm³/mol. The van der Waals surface area contributed by atoms with Crippen molar-refractivity contribution in [2.45, 2.75) is 52.5 Å². The smallest absolute Gasteiger partial charge is 0.409 e. The topological polar surface area (TPSA) is 58.6 Å². The van der Waals surface area contributed by atoms with Gasteiger partial charge in [-0.05, 0) is 50.7 Å². The van der Waals surface area contributed by atoms with Crippen LogP contribution in [0.25, 0.3) is 0 Å². The van der Waals surface area contributed by atoms with Gasteiger partial charge in [0.25, 0.3) is 0 Å². The van der Waals surface area contributed by atoms with Crippen molar-refractivity contribution in [2.75, 3.05) is 19.7 Å². The molecule has 0 spiro atoms. The number of carbonyl (C=O) groups is 2. The molecular weight excluding hydrogens is 364 g/mol. The number of ether oxygens (including phenoxy) is 1. The molecule has 0 radical (unpaired) electrons. The zero-order chi connectivity index (χ0) is 20.0. The van der Waals surface area contributed by atoms with Crippen LogP contribution in [-0.2, 0) is 16.0 Å². The molecule has 2 rings (SSSR count). The van der Waals surface area contributed by atoms with Gasteiger partial charge in [-0.1, -0.05) is 43.6 Å². The summed E-state index contributed by atoms with van der Waals surface area (Å²) in [5, 5.41) is 3.87. The molecule has 1 saturated heterocycles. The maximum Gasteiger partial charge on any atom is 0.409 e. The standard InChI is InChI=1S/C21H31ClN2O3/c1-15(2)14-27-20(26)24-11-9-16(10-12-24)19(25)23-21(3,4)13-17-7-5-6-8-18(17)22/h5-8,15-16H,9-14H2,1-4H3,(H,23,25). The lowest BCUT2D eigenvalue weighted by Crippen LogP contribution is -2.50. The van der Waals surface area contributed by atoms with Gasteiger partial charge in [-0.15, -0.1) is 0 Å². The number of hydrogen-bond donors (Lipinski definition) is 1. The third-order valence-corrected chi connectivity index (χ3v) is 5.08. The van der Waals surface area contributed by atoms with Crippen molar-refractivity contribution in [3.8, 4) is 0 Å². The number of nitrogens with one attached hydrogen (secondary N) is 1. The molecule has 1 heterocycles. The summed E-state index contributed by atoms with van der Waals surface area (Å²) in [6, 6.07) is 7.70. The highest BCUT2D eigenvalue weighted by molar-refractivity contribution is 6.31. The molecular formula is C21H31ClN2O3. The van der Waals surface area contributed by atoms with E-state index in [1.165, 1.54) is 0 Å². The highest BCUT2D eigenvalue weighted by atomic mass is 35.5. The number of rotatable bonds is 6. The molecule has 0 bridgehead atoms. The number of likely N-dealkylation sites (tertiary alicyclic amines) is 1. The molecule has 1 aliphatic rings. The number of piperidine rings is 1. The first-order chi connectivity index (χ1) is 12.7. The normalized spacial score (nSPS) is 15.7. The summed E-state index contributed by atoms with van der Waals surface area (Å²) in [4.78, 5) is 26.4. The van der Waals surface area contributed by atoms with Gasteiger partial charge >= 0.3 is 6.09 Å². The Morgan fingerprint density at radius 1 is 1.26 bits per heavy atom. The van der Waals surface area contributed by atoms with Gasteiger partial charge in [-0.25, -0.2) is 4.79 Å². The fourth-order valence-electron chi connectivity index (χ4n) is 3.25. The van der Waals surface area contributed by atoms with Gasteiger partial charge in [0.2, 0.25) is 5.91 Å². The van der Waals surface area contributed by atoms with Crippen LogP contribution in [0.4, 0.5) is 4.79 Å². The Labute approximate surface area is 167 Å². The van der Waals surface area contributed by atoms with E-state index in [1.807, 2.05) is 52.0 Å². The Bertz CT molecular complexity index is 653. The average Bonchev–Trinajstić information content (AvgIpc) is 2.61. The van der Waals surface area contributed by atoms with Crippen LogP contribution in [0.2, 0.25) is 5.02 Å². The minimum Gasteiger partial charge on any atom is -0.449 e. The van der Waals surface area contributed by atoms with Crippen molar-refractivity contribution in [1.82, 2.24) is 10.2 Å². The largest absolute Gasteiger partial charge is 0.449 e. The second-order valence-corrected chi connectivity index (χ2v) is 8.78. The zero-order valence-corrected chi connectivity index (χ0v) is 17.5. The van der Waals surface area contributed by atoms with Gasteiger partial charge in [-0.3, -0.25) is 4.79 Å². The van der Waals surface area contributed by atoms with Crippen LogP contribution in [0.15, 0.2) is 24.3 Å². The zero-order valence-electron chi connectivity index (χ0n) is 16.8. The molecule has 1 fully saturated rings. The lowest BCUT2D eigenvalue weighted by atomic mass is 9.91. The summed E-state index contributed by atoms with van der Waals surface area (Å²) < 4.78 is 5.27. The molecule has 6 heteroatoms. The van der Waals surface area contributed by atoms with E-state index in [9.17, 15) is 9.59 Å². The van der Waals surface area contributed by atoms with Crippen LogP contribution in [0, 0.1) is 11.8 Å². The summed E-state index contributed by atoms with van der Waals surface area (Å²) >= 11 is 6.24. The fraction of sp³-hybridized carbons (Fsp3) is 0.619. The Kier molecular flexibility index (Phi) is 7.54. The molecule has 150 valence electrons. The molecule has 0 unspecified atom stereocenters. The number of benzene rings is 1. The summed E-state index contributed by atoms with van der Waals surface area (Å²) in [5.41, 5.74) is 0.627. The maximum atomic E-state index is 12.7. The summed E-state index contributed by atoms with van der Waals surface area (Å²) in [6.07, 6.45) is 1.70. The predicted octanol–water partition coefficient (Wildman–Crippen LogP) is 4.28. The van der Waals surface area contributed by atoms with Gasteiger partial charge in [-0.2, -0.15) is 0 Å². The highest BCUT2D eigenvalue weighted by Gasteiger charge is 2.31. The number of nitrogens with zero attached hydrogens (tertiary/aromatic N) is 1. The molecule has 1 aromatic carbocycles. The Morgan fingerprint density at radius 2 is 1.89 bits per heavy atom. The van der Waals surface area contributed by atoms with Crippen molar-refractivity contribution in [3.05, 3.63) is 34.9 Å². The van der Waals surface area contributed by atoms with Gasteiger partial charge in [0.05, 0.1) is 6.61 Å². The Morgan fingerprint density at radius 3 is 2.48 bits per heavy atom. The molecule has 0 saturated carbocycles. The number of halogens is 1. The van der Waals surface area contributed by atoms with E-state index < -0.39 is 5.54 Å². The molecule has 1 N–H and O–H groups in total. The van der Waals surface area contributed by atoms with Gasteiger partial charge < -0.3 is 15.0 Å². The third kappa shape index (κ3) is 6.73. The average molecular weight is 395 g/mol. The Balaban J connectivity index is 1.83. The van der Waals surface area contributed by atoms with Crippen LogP contribution >= 0.6 is 11.6 Å². The molecule has 0 aliphatic carbocycles. The van der Waals surface area contributed by atoms with Crippen molar-refractivity contribution < 1.29 is 14.3 Å². The second kappa shape index (κ2) is 9.45. The minimum absolute atomic E-state index is 0.0438. The summed E-state index contributed by atoms with van der Waals surface area (Å²) in [7, 11) is 0. The quantitative estimate of drug-likeness (QED) is 0.783.